The number of aryl methyl sites for hydroxylation is 1. The highest BCUT2D eigenvalue weighted by molar-refractivity contribution is 7.07. The minimum atomic E-state index is -0.0482. The molecular formula is C17H15N3OS. The summed E-state index contributed by atoms with van der Waals surface area (Å²) in [6.07, 6.45) is 2.83. The SMILES string of the molecule is O=C(CCc1cscn1)Nc1ccc(-c2ccccc2)cn1. The lowest BCUT2D eigenvalue weighted by molar-refractivity contribution is -0.116. The molecule has 2 heterocycles. The molecule has 0 aliphatic carbocycles. The summed E-state index contributed by atoms with van der Waals surface area (Å²) in [5.74, 6) is 0.524. The molecule has 4 nitrogen and oxygen atoms in total. The van der Waals surface area contributed by atoms with Gasteiger partial charge in [0, 0.05) is 23.6 Å². The average Bonchev–Trinajstić information content (AvgIpc) is 3.08. The quantitative estimate of drug-likeness (QED) is 0.780. The number of carbonyl (C=O) groups excluding carboxylic acids is 1. The molecule has 0 unspecified atom stereocenters. The summed E-state index contributed by atoms with van der Waals surface area (Å²) in [6.45, 7) is 0. The monoisotopic (exact) mass is 309 g/mol. The Morgan fingerprint density at radius 2 is 1.91 bits per heavy atom. The first kappa shape index (κ1) is 14.4. The number of thiazole rings is 1. The van der Waals surface area contributed by atoms with Gasteiger partial charge in [0.15, 0.2) is 0 Å². The Balaban J connectivity index is 1.58. The summed E-state index contributed by atoms with van der Waals surface area (Å²) < 4.78 is 0. The second-order valence-corrected chi connectivity index (χ2v) is 5.54. The van der Waals surface area contributed by atoms with Crippen molar-refractivity contribution in [1.29, 1.82) is 0 Å². The third-order valence-electron chi connectivity index (χ3n) is 3.23. The standard InChI is InChI=1S/C17H15N3OS/c21-17(9-7-15-11-22-12-19-15)20-16-8-6-14(10-18-16)13-4-2-1-3-5-13/h1-6,8,10-12H,7,9H2,(H,18,20,21). The molecule has 0 saturated heterocycles. The molecule has 5 heteroatoms. The second kappa shape index (κ2) is 6.95. The Labute approximate surface area is 132 Å². The number of hydrogen-bond donors (Lipinski definition) is 1. The van der Waals surface area contributed by atoms with E-state index in [0.29, 0.717) is 18.7 Å². The van der Waals surface area contributed by atoms with E-state index in [1.165, 1.54) is 11.3 Å². The molecule has 22 heavy (non-hydrogen) atoms. The van der Waals surface area contributed by atoms with Gasteiger partial charge in [0.05, 0.1) is 11.2 Å². The van der Waals surface area contributed by atoms with E-state index < -0.39 is 0 Å². The van der Waals surface area contributed by atoms with Gasteiger partial charge in [-0.3, -0.25) is 4.79 Å². The van der Waals surface area contributed by atoms with Crippen molar-refractivity contribution in [2.75, 3.05) is 5.32 Å². The van der Waals surface area contributed by atoms with Gasteiger partial charge in [0.2, 0.25) is 5.91 Å². The number of nitrogens with zero attached hydrogens (tertiary/aromatic N) is 2. The van der Waals surface area contributed by atoms with Crippen molar-refractivity contribution in [2.24, 2.45) is 0 Å². The molecule has 1 aromatic carbocycles. The number of rotatable bonds is 5. The van der Waals surface area contributed by atoms with Crippen LogP contribution in [0.4, 0.5) is 5.82 Å². The van der Waals surface area contributed by atoms with E-state index in [2.05, 4.69) is 15.3 Å². The van der Waals surface area contributed by atoms with Gasteiger partial charge in [-0.15, -0.1) is 11.3 Å². The van der Waals surface area contributed by atoms with Crippen molar-refractivity contribution >= 4 is 23.1 Å². The minimum absolute atomic E-state index is 0.0482. The van der Waals surface area contributed by atoms with Crippen LogP contribution in [0.2, 0.25) is 0 Å². The zero-order valence-electron chi connectivity index (χ0n) is 11.9. The Kier molecular flexibility index (Phi) is 4.56. The molecule has 0 aliphatic rings. The second-order valence-electron chi connectivity index (χ2n) is 4.83. The molecule has 0 fully saturated rings. The Morgan fingerprint density at radius 3 is 2.59 bits per heavy atom. The number of nitrogens with one attached hydrogen (secondary N) is 1. The minimum Gasteiger partial charge on any atom is -0.311 e. The van der Waals surface area contributed by atoms with Crippen molar-refractivity contribution in [3.8, 4) is 11.1 Å². The van der Waals surface area contributed by atoms with Crippen LogP contribution in [0.3, 0.4) is 0 Å². The topological polar surface area (TPSA) is 54.9 Å². The lowest BCUT2D eigenvalue weighted by Gasteiger charge is -2.05. The number of aromatic nitrogens is 2. The summed E-state index contributed by atoms with van der Waals surface area (Å²) >= 11 is 1.54. The van der Waals surface area contributed by atoms with E-state index in [-0.39, 0.29) is 5.91 Å². The molecule has 0 aliphatic heterocycles. The summed E-state index contributed by atoms with van der Waals surface area (Å²) in [7, 11) is 0. The van der Waals surface area contributed by atoms with Crippen molar-refractivity contribution < 1.29 is 4.79 Å². The van der Waals surface area contributed by atoms with Crippen molar-refractivity contribution in [1.82, 2.24) is 9.97 Å². The molecule has 1 N–H and O–H groups in total. The van der Waals surface area contributed by atoms with Gasteiger partial charge in [0.25, 0.3) is 0 Å². The van der Waals surface area contributed by atoms with Crippen LogP contribution in [0.1, 0.15) is 12.1 Å². The van der Waals surface area contributed by atoms with Crippen LogP contribution < -0.4 is 5.32 Å². The van der Waals surface area contributed by atoms with Crippen molar-refractivity contribution in [2.45, 2.75) is 12.8 Å². The molecule has 0 spiro atoms. The fourth-order valence-electron chi connectivity index (χ4n) is 2.08. The zero-order valence-corrected chi connectivity index (χ0v) is 12.7. The van der Waals surface area contributed by atoms with Gasteiger partial charge in [-0.25, -0.2) is 9.97 Å². The fourth-order valence-corrected chi connectivity index (χ4v) is 2.67. The van der Waals surface area contributed by atoms with E-state index >= 15 is 0 Å². The summed E-state index contributed by atoms with van der Waals surface area (Å²) in [5, 5.41) is 4.77. The number of hydrogen-bond acceptors (Lipinski definition) is 4. The van der Waals surface area contributed by atoms with Crippen molar-refractivity contribution in [3.63, 3.8) is 0 Å². The van der Waals surface area contributed by atoms with Gasteiger partial charge in [-0.05, 0) is 24.1 Å². The molecule has 1 amide bonds. The normalized spacial score (nSPS) is 10.4. The van der Waals surface area contributed by atoms with Crippen LogP contribution >= 0.6 is 11.3 Å². The Bertz CT molecular complexity index is 724. The van der Waals surface area contributed by atoms with Crippen LogP contribution in [0.25, 0.3) is 11.1 Å². The molecule has 3 aromatic rings. The van der Waals surface area contributed by atoms with E-state index in [9.17, 15) is 4.79 Å². The van der Waals surface area contributed by atoms with Crippen LogP contribution in [0, 0.1) is 0 Å². The number of amides is 1. The molecule has 2 aromatic heterocycles. The summed E-state index contributed by atoms with van der Waals surface area (Å²) in [6, 6.07) is 13.8. The fraction of sp³-hybridized carbons (Fsp3) is 0.118. The van der Waals surface area contributed by atoms with Gasteiger partial charge < -0.3 is 5.32 Å². The molecular weight excluding hydrogens is 294 g/mol. The first-order chi connectivity index (χ1) is 10.8. The first-order valence-corrected chi connectivity index (χ1v) is 7.94. The molecule has 0 saturated carbocycles. The summed E-state index contributed by atoms with van der Waals surface area (Å²) in [5.41, 5.74) is 4.86. The Morgan fingerprint density at radius 1 is 1.05 bits per heavy atom. The Hall–Kier alpha value is -2.53. The number of carbonyl (C=O) groups is 1. The predicted octanol–water partition coefficient (Wildman–Crippen LogP) is 3.78. The van der Waals surface area contributed by atoms with Gasteiger partial charge in [0.1, 0.15) is 5.82 Å². The maximum absolute atomic E-state index is 11.9. The highest BCUT2D eigenvalue weighted by atomic mass is 32.1. The van der Waals surface area contributed by atoms with Gasteiger partial charge >= 0.3 is 0 Å². The number of benzene rings is 1. The molecule has 0 radical (unpaired) electrons. The first-order valence-electron chi connectivity index (χ1n) is 6.99. The van der Waals surface area contributed by atoms with E-state index in [0.717, 1.165) is 16.8 Å². The third-order valence-corrected chi connectivity index (χ3v) is 3.87. The molecule has 3 rings (SSSR count). The molecule has 0 bridgehead atoms. The highest BCUT2D eigenvalue weighted by Crippen LogP contribution is 2.19. The zero-order chi connectivity index (χ0) is 15.2. The largest absolute Gasteiger partial charge is 0.311 e. The smallest absolute Gasteiger partial charge is 0.225 e. The van der Waals surface area contributed by atoms with E-state index in [4.69, 9.17) is 0 Å². The van der Waals surface area contributed by atoms with Crippen LogP contribution in [0.15, 0.2) is 59.6 Å². The summed E-state index contributed by atoms with van der Waals surface area (Å²) in [4.78, 5) is 20.3. The van der Waals surface area contributed by atoms with E-state index in [1.807, 2.05) is 47.8 Å². The van der Waals surface area contributed by atoms with Crippen LogP contribution in [-0.2, 0) is 11.2 Å². The van der Waals surface area contributed by atoms with E-state index in [1.54, 1.807) is 11.7 Å². The maximum atomic E-state index is 11.9. The highest BCUT2D eigenvalue weighted by Gasteiger charge is 2.05. The van der Waals surface area contributed by atoms with Crippen molar-refractivity contribution in [3.05, 3.63) is 65.2 Å². The third kappa shape index (κ3) is 3.77. The van der Waals surface area contributed by atoms with Crippen LogP contribution in [-0.4, -0.2) is 15.9 Å². The van der Waals surface area contributed by atoms with Gasteiger partial charge in [-0.2, -0.15) is 0 Å². The lowest BCUT2D eigenvalue weighted by Crippen LogP contribution is -2.13. The maximum Gasteiger partial charge on any atom is 0.225 e. The van der Waals surface area contributed by atoms with Gasteiger partial charge in [-0.1, -0.05) is 30.3 Å². The average molecular weight is 309 g/mol. The lowest BCUT2D eigenvalue weighted by atomic mass is 10.1. The molecule has 0 atom stereocenters. The number of pyridine rings is 1. The predicted molar refractivity (Wildman–Crippen MR) is 88.7 cm³/mol. The van der Waals surface area contributed by atoms with Crippen LogP contribution in [0.5, 0.6) is 0 Å². The molecule has 110 valence electrons. The number of anilines is 1.